The van der Waals surface area contributed by atoms with Gasteiger partial charge in [-0.15, -0.1) is 0 Å². The third-order valence-corrected chi connectivity index (χ3v) is 3.34. The van der Waals surface area contributed by atoms with Crippen LogP contribution in [0.3, 0.4) is 0 Å². The van der Waals surface area contributed by atoms with Crippen molar-refractivity contribution in [2.24, 2.45) is 0 Å². The lowest BCUT2D eigenvalue weighted by Gasteiger charge is -2.07. The van der Waals surface area contributed by atoms with E-state index < -0.39 is 0 Å². The van der Waals surface area contributed by atoms with E-state index in [1.165, 1.54) is 7.11 Å². The van der Waals surface area contributed by atoms with Gasteiger partial charge in [-0.25, -0.2) is 4.79 Å². The Hall–Kier alpha value is -2.23. The molecule has 21 heavy (non-hydrogen) atoms. The Kier molecular flexibility index (Phi) is 5.04. The highest BCUT2D eigenvalue weighted by Gasteiger charge is 2.07. The molecule has 0 atom stereocenters. The molecule has 0 spiro atoms. The first-order valence-electron chi connectivity index (χ1n) is 7.13. The first-order valence-corrected chi connectivity index (χ1v) is 7.13. The van der Waals surface area contributed by atoms with E-state index in [0.717, 1.165) is 23.1 Å². The maximum atomic E-state index is 11.4. The normalized spacial score (nSPS) is 11.7. The number of allylic oxidation sites excluding steroid dienone is 1. The van der Waals surface area contributed by atoms with Gasteiger partial charge in [0.1, 0.15) is 5.75 Å². The Balaban J connectivity index is 2.24. The molecule has 2 aromatic rings. The molecule has 4 nitrogen and oxygen atoms in total. The molecule has 1 aromatic heterocycles. The molecule has 0 aliphatic carbocycles. The number of fused-ring (bicyclic) bond motifs is 1. The van der Waals surface area contributed by atoms with Gasteiger partial charge in [-0.3, -0.25) is 0 Å². The first-order chi connectivity index (χ1) is 10.2. The van der Waals surface area contributed by atoms with Crippen molar-refractivity contribution in [3.63, 3.8) is 0 Å². The fourth-order valence-corrected chi connectivity index (χ4v) is 2.17. The fourth-order valence-electron chi connectivity index (χ4n) is 2.17. The van der Waals surface area contributed by atoms with E-state index in [9.17, 15) is 4.79 Å². The molecular weight excluding hydrogens is 266 g/mol. The lowest BCUT2D eigenvalue weighted by atomic mass is 10.2. The predicted octanol–water partition coefficient (Wildman–Crippen LogP) is 3.55. The number of hydrogen-bond acceptors (Lipinski definition) is 3. The van der Waals surface area contributed by atoms with Crippen LogP contribution in [0.25, 0.3) is 10.9 Å². The van der Waals surface area contributed by atoms with Gasteiger partial charge in [0.05, 0.1) is 19.2 Å². The monoisotopic (exact) mass is 287 g/mol. The summed E-state index contributed by atoms with van der Waals surface area (Å²) in [5.41, 5.74) is 1.70. The van der Waals surface area contributed by atoms with Crippen LogP contribution in [0.15, 0.2) is 42.1 Å². The van der Waals surface area contributed by atoms with E-state index in [1.807, 2.05) is 30.5 Å². The van der Waals surface area contributed by atoms with E-state index in [1.54, 1.807) is 6.92 Å². The van der Waals surface area contributed by atoms with Crippen molar-refractivity contribution in [1.29, 1.82) is 0 Å². The average Bonchev–Trinajstić information content (AvgIpc) is 2.93. The van der Waals surface area contributed by atoms with E-state index in [-0.39, 0.29) is 5.97 Å². The van der Waals surface area contributed by atoms with Crippen LogP contribution in [-0.2, 0) is 16.1 Å². The van der Waals surface area contributed by atoms with Crippen LogP contribution < -0.4 is 4.74 Å². The molecule has 0 saturated heterocycles. The average molecular weight is 287 g/mol. The summed E-state index contributed by atoms with van der Waals surface area (Å²) in [5.74, 6) is 0.611. The van der Waals surface area contributed by atoms with Gasteiger partial charge < -0.3 is 14.0 Å². The summed E-state index contributed by atoms with van der Waals surface area (Å²) in [6.45, 7) is 5.19. The number of rotatable bonds is 6. The van der Waals surface area contributed by atoms with Crippen molar-refractivity contribution in [2.75, 3.05) is 13.7 Å². The van der Waals surface area contributed by atoms with Crippen LogP contribution in [0.5, 0.6) is 5.75 Å². The molecule has 0 saturated carbocycles. The quantitative estimate of drug-likeness (QED) is 0.602. The molecule has 0 radical (unpaired) electrons. The molecule has 1 heterocycles. The van der Waals surface area contributed by atoms with Crippen LogP contribution in [0.4, 0.5) is 0 Å². The molecule has 0 aliphatic rings. The van der Waals surface area contributed by atoms with Gasteiger partial charge in [0.25, 0.3) is 0 Å². The number of carbonyl (C=O) groups excluding carboxylic acids is 1. The van der Waals surface area contributed by atoms with Crippen molar-refractivity contribution in [3.05, 3.63) is 42.1 Å². The topological polar surface area (TPSA) is 40.5 Å². The van der Waals surface area contributed by atoms with Gasteiger partial charge >= 0.3 is 5.97 Å². The Bertz CT molecular complexity index is 655. The lowest BCUT2D eigenvalue weighted by molar-refractivity contribution is -0.136. The Morgan fingerprint density at radius 3 is 2.86 bits per heavy atom. The van der Waals surface area contributed by atoms with Gasteiger partial charge in [0.15, 0.2) is 0 Å². The van der Waals surface area contributed by atoms with Crippen LogP contribution in [0, 0.1) is 0 Å². The second-order valence-electron chi connectivity index (χ2n) is 4.88. The van der Waals surface area contributed by atoms with Crippen molar-refractivity contribution in [2.45, 2.75) is 26.8 Å². The lowest BCUT2D eigenvalue weighted by Crippen LogP contribution is -2.03. The Morgan fingerprint density at radius 1 is 1.33 bits per heavy atom. The summed E-state index contributed by atoms with van der Waals surface area (Å²) in [4.78, 5) is 11.4. The maximum Gasteiger partial charge on any atom is 0.333 e. The van der Waals surface area contributed by atoms with Crippen molar-refractivity contribution >= 4 is 16.9 Å². The van der Waals surface area contributed by atoms with Crippen LogP contribution in [-0.4, -0.2) is 24.3 Å². The van der Waals surface area contributed by atoms with Gasteiger partial charge in [-0.2, -0.15) is 0 Å². The van der Waals surface area contributed by atoms with E-state index in [4.69, 9.17) is 9.47 Å². The third kappa shape index (κ3) is 3.45. The highest BCUT2D eigenvalue weighted by atomic mass is 16.5. The summed E-state index contributed by atoms with van der Waals surface area (Å²) in [6.07, 6.45) is 4.85. The van der Waals surface area contributed by atoms with Crippen LogP contribution >= 0.6 is 0 Å². The summed E-state index contributed by atoms with van der Waals surface area (Å²) < 4.78 is 12.5. The molecule has 0 fully saturated rings. The molecule has 0 bridgehead atoms. The molecule has 4 heteroatoms. The number of nitrogens with zero attached hydrogens (tertiary/aromatic N) is 1. The second kappa shape index (κ2) is 6.97. The highest BCUT2D eigenvalue weighted by Crippen LogP contribution is 2.26. The van der Waals surface area contributed by atoms with Crippen LogP contribution in [0.1, 0.15) is 20.3 Å². The number of aromatic nitrogens is 1. The maximum absolute atomic E-state index is 11.4. The zero-order chi connectivity index (χ0) is 15.2. The number of benzene rings is 1. The number of ether oxygens (including phenoxy) is 2. The Morgan fingerprint density at radius 2 is 2.14 bits per heavy atom. The number of carbonyl (C=O) groups is 1. The van der Waals surface area contributed by atoms with E-state index >= 15 is 0 Å². The first kappa shape index (κ1) is 15.2. The standard InChI is InChI=1S/C17H21NO3/c1-4-12-21-16-7-5-6-15-14(16)9-11-18(15)10-8-13(2)17(19)20-3/h5-9,11H,4,10,12H2,1-3H3/b13-8-. The third-order valence-electron chi connectivity index (χ3n) is 3.34. The van der Waals surface area contributed by atoms with Crippen molar-refractivity contribution in [1.82, 2.24) is 4.57 Å². The van der Waals surface area contributed by atoms with Gasteiger partial charge in [-0.05, 0) is 31.5 Å². The smallest absolute Gasteiger partial charge is 0.333 e. The summed E-state index contributed by atoms with van der Waals surface area (Å²) >= 11 is 0. The molecule has 0 unspecified atom stereocenters. The molecule has 0 amide bonds. The molecule has 0 aliphatic heterocycles. The van der Waals surface area contributed by atoms with Crippen LogP contribution in [0.2, 0.25) is 0 Å². The number of methoxy groups -OCH3 is 1. The highest BCUT2D eigenvalue weighted by molar-refractivity contribution is 5.88. The molecular formula is C17H21NO3. The molecule has 2 rings (SSSR count). The number of esters is 1. The number of hydrogen-bond donors (Lipinski definition) is 0. The molecule has 0 N–H and O–H groups in total. The SMILES string of the molecule is CCCOc1cccc2c1ccn2C/C=C(/C)C(=O)OC. The fraction of sp³-hybridized carbons (Fsp3) is 0.353. The minimum Gasteiger partial charge on any atom is -0.493 e. The van der Waals surface area contributed by atoms with Crippen molar-refractivity contribution in [3.8, 4) is 5.75 Å². The minimum absolute atomic E-state index is 0.293. The zero-order valence-corrected chi connectivity index (χ0v) is 12.8. The predicted molar refractivity (Wildman–Crippen MR) is 83.5 cm³/mol. The summed E-state index contributed by atoms with van der Waals surface area (Å²) in [6, 6.07) is 8.07. The zero-order valence-electron chi connectivity index (χ0n) is 12.8. The molecule has 1 aromatic carbocycles. The van der Waals surface area contributed by atoms with E-state index in [0.29, 0.717) is 18.7 Å². The minimum atomic E-state index is -0.293. The molecule has 112 valence electrons. The Labute approximate surface area is 125 Å². The van der Waals surface area contributed by atoms with Gasteiger partial charge in [0, 0.05) is 23.7 Å². The van der Waals surface area contributed by atoms with Crippen molar-refractivity contribution < 1.29 is 14.3 Å². The largest absolute Gasteiger partial charge is 0.493 e. The summed E-state index contributed by atoms with van der Waals surface area (Å²) in [5, 5.41) is 1.09. The second-order valence-corrected chi connectivity index (χ2v) is 4.88. The summed E-state index contributed by atoms with van der Waals surface area (Å²) in [7, 11) is 1.39. The van der Waals surface area contributed by atoms with Gasteiger partial charge in [-0.1, -0.05) is 19.1 Å². The van der Waals surface area contributed by atoms with Gasteiger partial charge in [0.2, 0.25) is 0 Å². The van der Waals surface area contributed by atoms with E-state index in [2.05, 4.69) is 17.6 Å².